The number of aliphatic carboxylic acids is 2. The molecule has 0 aliphatic heterocycles. The van der Waals surface area contributed by atoms with Gasteiger partial charge in [-0.3, -0.25) is 0 Å². The highest BCUT2D eigenvalue weighted by molar-refractivity contribution is 6.19. The van der Waals surface area contributed by atoms with Gasteiger partial charge in [0.1, 0.15) is 11.5 Å². The Balaban J connectivity index is 2.47. The Labute approximate surface area is 157 Å². The predicted octanol–water partition coefficient (Wildman–Crippen LogP) is -0.171. The first kappa shape index (κ1) is 20.6. The first-order valence-corrected chi connectivity index (χ1v) is 7.60. The maximum absolute atomic E-state index is 12.3. The van der Waals surface area contributed by atoms with Crippen molar-refractivity contribution in [3.8, 4) is 11.5 Å². The average molecular weight is 390 g/mol. The number of benzene rings is 2. The second-order valence-corrected chi connectivity index (χ2v) is 5.44. The lowest BCUT2D eigenvalue weighted by Crippen LogP contribution is -2.73. The minimum absolute atomic E-state index is 0.267. The van der Waals surface area contributed by atoms with E-state index >= 15 is 0 Å². The topological polar surface area (TPSA) is 168 Å². The van der Waals surface area contributed by atoms with Gasteiger partial charge in [-0.2, -0.15) is 0 Å². The summed E-state index contributed by atoms with van der Waals surface area (Å²) in [4.78, 5) is 47.8. The van der Waals surface area contributed by atoms with E-state index in [1.54, 1.807) is 0 Å². The summed E-state index contributed by atoms with van der Waals surface area (Å²) in [6.45, 7) is 0. The zero-order valence-corrected chi connectivity index (χ0v) is 14.0. The molecule has 0 aliphatic rings. The number of carboxylic acids is 2. The van der Waals surface area contributed by atoms with Crippen molar-refractivity contribution < 1.29 is 49.1 Å². The minimum Gasteiger partial charge on any atom is -0.479 e. The summed E-state index contributed by atoms with van der Waals surface area (Å²) in [7, 11) is 0. The molecular formula is C18H14O10. The number of carboxylic acid groups (broad SMARTS) is 2. The van der Waals surface area contributed by atoms with E-state index in [0.717, 1.165) is 0 Å². The first-order chi connectivity index (χ1) is 13.1. The van der Waals surface area contributed by atoms with E-state index < -0.39 is 35.1 Å². The van der Waals surface area contributed by atoms with Crippen molar-refractivity contribution in [2.45, 2.75) is 11.2 Å². The second-order valence-electron chi connectivity index (χ2n) is 5.44. The summed E-state index contributed by atoms with van der Waals surface area (Å²) in [6.07, 6.45) is 0. The number of para-hydroxylation sites is 2. The molecule has 0 radical (unpaired) electrons. The van der Waals surface area contributed by atoms with Gasteiger partial charge in [-0.05, 0) is 24.3 Å². The van der Waals surface area contributed by atoms with Crippen LogP contribution in [0.4, 0.5) is 0 Å². The molecule has 0 fully saturated rings. The van der Waals surface area contributed by atoms with Crippen LogP contribution in [0.1, 0.15) is 0 Å². The fourth-order valence-electron chi connectivity index (χ4n) is 2.12. The Morgan fingerprint density at radius 3 is 1.14 bits per heavy atom. The van der Waals surface area contributed by atoms with Gasteiger partial charge in [-0.15, -0.1) is 0 Å². The molecule has 0 heterocycles. The van der Waals surface area contributed by atoms with E-state index in [0.29, 0.717) is 0 Å². The molecule has 0 saturated carbocycles. The zero-order valence-electron chi connectivity index (χ0n) is 14.0. The highest BCUT2D eigenvalue weighted by atomic mass is 16.6. The number of carbonyl (C=O) groups excluding carboxylic acids is 2. The SMILES string of the molecule is O=C(O)C(O)(C(=O)Oc1ccccc1)C(O)(C(=O)O)C(=O)Oc1ccccc1. The lowest BCUT2D eigenvalue weighted by molar-refractivity contribution is -0.219. The molecular weight excluding hydrogens is 376 g/mol. The molecule has 2 atom stereocenters. The fourth-order valence-corrected chi connectivity index (χ4v) is 2.12. The Kier molecular flexibility index (Phi) is 5.77. The summed E-state index contributed by atoms with van der Waals surface area (Å²) in [5, 5.41) is 39.3. The van der Waals surface area contributed by atoms with E-state index in [-0.39, 0.29) is 11.5 Å². The molecule has 2 aromatic rings. The Morgan fingerprint density at radius 1 is 0.607 bits per heavy atom. The van der Waals surface area contributed by atoms with E-state index in [9.17, 15) is 39.6 Å². The van der Waals surface area contributed by atoms with E-state index in [1.807, 2.05) is 0 Å². The molecule has 0 amide bonds. The van der Waals surface area contributed by atoms with Crippen LogP contribution in [0.5, 0.6) is 11.5 Å². The molecule has 0 saturated heterocycles. The normalized spacial score (nSPS) is 14.8. The molecule has 0 aliphatic carbocycles. The van der Waals surface area contributed by atoms with Crippen LogP contribution in [0.25, 0.3) is 0 Å². The second kappa shape index (κ2) is 7.86. The van der Waals surface area contributed by atoms with Crippen LogP contribution >= 0.6 is 0 Å². The molecule has 146 valence electrons. The van der Waals surface area contributed by atoms with Crippen LogP contribution in [0.2, 0.25) is 0 Å². The van der Waals surface area contributed by atoms with Crippen molar-refractivity contribution >= 4 is 23.9 Å². The Morgan fingerprint density at radius 2 is 0.893 bits per heavy atom. The summed E-state index contributed by atoms with van der Waals surface area (Å²) in [6, 6.07) is 13.4. The predicted molar refractivity (Wildman–Crippen MR) is 89.3 cm³/mol. The molecule has 10 heteroatoms. The van der Waals surface area contributed by atoms with Gasteiger partial charge in [0, 0.05) is 0 Å². The van der Waals surface area contributed by atoms with Gasteiger partial charge in [0.15, 0.2) is 0 Å². The van der Waals surface area contributed by atoms with Crippen molar-refractivity contribution in [1.82, 2.24) is 0 Å². The average Bonchev–Trinajstić information content (AvgIpc) is 2.67. The van der Waals surface area contributed by atoms with Crippen molar-refractivity contribution in [1.29, 1.82) is 0 Å². The lowest BCUT2D eigenvalue weighted by atomic mass is 9.82. The van der Waals surface area contributed by atoms with Gasteiger partial charge < -0.3 is 29.9 Å². The monoisotopic (exact) mass is 390 g/mol. The number of hydrogen-bond donors (Lipinski definition) is 4. The third kappa shape index (κ3) is 3.54. The van der Waals surface area contributed by atoms with Gasteiger partial charge >= 0.3 is 35.1 Å². The maximum atomic E-state index is 12.3. The molecule has 2 rings (SSSR count). The van der Waals surface area contributed by atoms with E-state index in [2.05, 4.69) is 9.47 Å². The van der Waals surface area contributed by atoms with Gasteiger partial charge in [-0.25, -0.2) is 19.2 Å². The molecule has 10 nitrogen and oxygen atoms in total. The highest BCUT2D eigenvalue weighted by Crippen LogP contribution is 2.29. The van der Waals surface area contributed by atoms with Gasteiger partial charge in [0.25, 0.3) is 0 Å². The summed E-state index contributed by atoms with van der Waals surface area (Å²) in [5.41, 5.74) is -8.44. The lowest BCUT2D eigenvalue weighted by Gasteiger charge is -2.32. The number of rotatable bonds is 7. The molecule has 28 heavy (non-hydrogen) atoms. The molecule has 0 spiro atoms. The van der Waals surface area contributed by atoms with Gasteiger partial charge in [-0.1, -0.05) is 36.4 Å². The van der Waals surface area contributed by atoms with E-state index in [4.69, 9.17) is 0 Å². The van der Waals surface area contributed by atoms with Crippen LogP contribution in [-0.2, 0) is 19.2 Å². The van der Waals surface area contributed by atoms with Crippen molar-refractivity contribution in [2.75, 3.05) is 0 Å². The first-order valence-electron chi connectivity index (χ1n) is 7.60. The molecule has 2 unspecified atom stereocenters. The number of esters is 2. The maximum Gasteiger partial charge on any atom is 0.359 e. The molecule has 2 aromatic carbocycles. The quantitative estimate of drug-likeness (QED) is 0.283. The van der Waals surface area contributed by atoms with Crippen LogP contribution in [0, 0.1) is 0 Å². The van der Waals surface area contributed by atoms with Crippen LogP contribution < -0.4 is 9.47 Å². The molecule has 0 aromatic heterocycles. The molecule has 4 N–H and O–H groups in total. The highest BCUT2D eigenvalue weighted by Gasteiger charge is 2.73. The number of aliphatic hydroxyl groups is 2. The fraction of sp³-hybridized carbons (Fsp3) is 0.111. The van der Waals surface area contributed by atoms with Crippen LogP contribution in [-0.4, -0.2) is 55.5 Å². The smallest absolute Gasteiger partial charge is 0.359 e. The third-order valence-corrected chi connectivity index (χ3v) is 3.64. The number of hydrogen-bond acceptors (Lipinski definition) is 8. The van der Waals surface area contributed by atoms with E-state index in [1.165, 1.54) is 60.7 Å². The van der Waals surface area contributed by atoms with Crippen molar-refractivity contribution in [2.24, 2.45) is 0 Å². The standard InChI is InChI=1S/C18H14O10/c19-13(20)17(25,15(23)27-11-7-3-1-4-8-11)18(26,14(21)22)16(24)28-12-9-5-2-6-10-12/h1-10,25-26H,(H,19,20)(H,21,22). The summed E-state index contributed by atoms with van der Waals surface area (Å²) < 4.78 is 9.27. The largest absolute Gasteiger partial charge is 0.479 e. The van der Waals surface area contributed by atoms with Crippen LogP contribution in [0.15, 0.2) is 60.7 Å². The minimum atomic E-state index is -4.22. The zero-order chi connectivity index (χ0) is 20.9. The summed E-state index contributed by atoms with van der Waals surface area (Å²) >= 11 is 0. The van der Waals surface area contributed by atoms with Crippen molar-refractivity contribution in [3.63, 3.8) is 0 Å². The van der Waals surface area contributed by atoms with Gasteiger partial charge in [0.05, 0.1) is 0 Å². The summed E-state index contributed by atoms with van der Waals surface area (Å²) in [5.74, 6) is -9.83. The molecule has 0 bridgehead atoms. The van der Waals surface area contributed by atoms with Gasteiger partial charge in [0.2, 0.25) is 0 Å². The van der Waals surface area contributed by atoms with Crippen LogP contribution in [0.3, 0.4) is 0 Å². The third-order valence-electron chi connectivity index (χ3n) is 3.64. The Hall–Kier alpha value is -3.76. The van der Waals surface area contributed by atoms with Crippen molar-refractivity contribution in [3.05, 3.63) is 60.7 Å². The number of carbonyl (C=O) groups is 4. The Bertz CT molecular complexity index is 820. The number of ether oxygens (including phenoxy) is 2.